The molecular weight excluding hydrogens is 444 g/mol. The predicted octanol–water partition coefficient (Wildman–Crippen LogP) is 4.63. The molecule has 6 nitrogen and oxygen atoms in total. The Morgan fingerprint density at radius 2 is 1.71 bits per heavy atom. The topological polar surface area (TPSA) is 50.6 Å². The number of benzene rings is 2. The molecule has 7 heteroatoms. The van der Waals surface area contributed by atoms with E-state index >= 15 is 0 Å². The Labute approximate surface area is 204 Å². The number of hydrogen-bond acceptors (Lipinski definition) is 5. The average molecular weight is 473 g/mol. The number of piperazine rings is 1. The number of carbonyl (C=O) groups excluding carboxylic acids is 1. The van der Waals surface area contributed by atoms with Crippen LogP contribution >= 0.6 is 11.3 Å². The maximum atomic E-state index is 13.2. The molecule has 0 spiro atoms. The minimum Gasteiger partial charge on any atom is -0.497 e. The first-order valence-electron chi connectivity index (χ1n) is 11.5. The van der Waals surface area contributed by atoms with Gasteiger partial charge in [-0.25, -0.2) is 4.98 Å². The molecule has 1 aliphatic heterocycles. The molecular formula is C27H28N4O2S. The molecule has 0 aliphatic carbocycles. The van der Waals surface area contributed by atoms with Crippen molar-refractivity contribution in [3.05, 3.63) is 95.3 Å². The molecule has 0 radical (unpaired) electrons. The van der Waals surface area contributed by atoms with Crippen LogP contribution in [0.3, 0.4) is 0 Å². The van der Waals surface area contributed by atoms with Gasteiger partial charge in [-0.15, -0.1) is 11.3 Å². The summed E-state index contributed by atoms with van der Waals surface area (Å²) < 4.78 is 7.28. The van der Waals surface area contributed by atoms with Gasteiger partial charge in [-0.3, -0.25) is 9.69 Å². The van der Waals surface area contributed by atoms with Gasteiger partial charge in [0.15, 0.2) is 0 Å². The zero-order chi connectivity index (χ0) is 23.3. The number of rotatable bonds is 7. The lowest BCUT2D eigenvalue weighted by molar-refractivity contribution is 0.0617. The van der Waals surface area contributed by atoms with Crippen molar-refractivity contribution < 1.29 is 9.53 Å². The van der Waals surface area contributed by atoms with Crippen LogP contribution in [0, 0.1) is 0 Å². The zero-order valence-electron chi connectivity index (χ0n) is 19.3. The Kier molecular flexibility index (Phi) is 6.74. The maximum absolute atomic E-state index is 13.2. The molecule has 34 heavy (non-hydrogen) atoms. The van der Waals surface area contributed by atoms with Crippen molar-refractivity contribution in [2.75, 3.05) is 33.3 Å². The van der Waals surface area contributed by atoms with Crippen molar-refractivity contribution in [1.82, 2.24) is 19.4 Å². The van der Waals surface area contributed by atoms with Gasteiger partial charge in [-0.1, -0.05) is 30.3 Å². The summed E-state index contributed by atoms with van der Waals surface area (Å²) in [7, 11) is 1.67. The summed E-state index contributed by atoms with van der Waals surface area (Å²) in [6.07, 6.45) is 1.99. The summed E-state index contributed by atoms with van der Waals surface area (Å²) in [4.78, 5) is 22.4. The highest BCUT2D eigenvalue weighted by atomic mass is 32.1. The molecule has 3 heterocycles. The Morgan fingerprint density at radius 1 is 0.941 bits per heavy atom. The molecule has 0 saturated carbocycles. The van der Waals surface area contributed by atoms with Crippen LogP contribution in [0.5, 0.6) is 5.75 Å². The minimum atomic E-state index is 0.107. The second-order valence-electron chi connectivity index (χ2n) is 8.45. The van der Waals surface area contributed by atoms with E-state index in [1.807, 2.05) is 70.3 Å². The minimum absolute atomic E-state index is 0.107. The summed E-state index contributed by atoms with van der Waals surface area (Å²) in [6, 6.07) is 22.1. The highest BCUT2D eigenvalue weighted by Gasteiger charge is 2.24. The molecule has 0 atom stereocenters. The van der Waals surface area contributed by atoms with E-state index in [0.29, 0.717) is 6.54 Å². The second kappa shape index (κ2) is 10.2. The summed E-state index contributed by atoms with van der Waals surface area (Å²) in [5.41, 5.74) is 4.12. The highest BCUT2D eigenvalue weighted by Crippen LogP contribution is 2.26. The number of carbonyl (C=O) groups is 1. The van der Waals surface area contributed by atoms with Gasteiger partial charge in [0.25, 0.3) is 5.91 Å². The third-order valence-corrected chi connectivity index (χ3v) is 7.12. The van der Waals surface area contributed by atoms with Gasteiger partial charge >= 0.3 is 0 Å². The van der Waals surface area contributed by atoms with Gasteiger partial charge in [0.05, 0.1) is 12.8 Å². The van der Waals surface area contributed by atoms with Gasteiger partial charge in [0, 0.05) is 56.4 Å². The molecule has 174 valence electrons. The first-order chi connectivity index (χ1) is 16.7. The Morgan fingerprint density at radius 3 is 2.44 bits per heavy atom. The third-order valence-electron chi connectivity index (χ3n) is 6.18. The number of methoxy groups -OCH3 is 1. The molecule has 5 rings (SSSR count). The van der Waals surface area contributed by atoms with Gasteiger partial charge in [0.2, 0.25) is 0 Å². The maximum Gasteiger partial charge on any atom is 0.270 e. The lowest BCUT2D eigenvalue weighted by Crippen LogP contribution is -2.48. The van der Waals surface area contributed by atoms with Gasteiger partial charge in [0.1, 0.15) is 16.5 Å². The largest absolute Gasteiger partial charge is 0.497 e. The quantitative estimate of drug-likeness (QED) is 0.394. The average Bonchev–Trinajstić information content (AvgIpc) is 3.55. The van der Waals surface area contributed by atoms with Crippen LogP contribution in [0.15, 0.2) is 78.3 Å². The van der Waals surface area contributed by atoms with Crippen LogP contribution < -0.4 is 4.74 Å². The number of amides is 1. The van der Waals surface area contributed by atoms with E-state index in [2.05, 4.69) is 22.4 Å². The van der Waals surface area contributed by atoms with E-state index in [1.165, 1.54) is 5.56 Å². The van der Waals surface area contributed by atoms with E-state index in [4.69, 9.17) is 9.72 Å². The molecule has 1 saturated heterocycles. The first-order valence-corrected chi connectivity index (χ1v) is 12.4. The first kappa shape index (κ1) is 22.4. The monoisotopic (exact) mass is 472 g/mol. The van der Waals surface area contributed by atoms with Crippen LogP contribution in [-0.2, 0) is 13.1 Å². The number of thiazole rings is 1. The molecule has 0 unspecified atom stereocenters. The molecule has 2 aromatic carbocycles. The number of ether oxygens (including phenoxy) is 1. The van der Waals surface area contributed by atoms with Crippen molar-refractivity contribution in [1.29, 1.82) is 0 Å². The number of nitrogens with zero attached hydrogens (tertiary/aromatic N) is 4. The fraction of sp³-hybridized carbons (Fsp3) is 0.259. The normalized spacial score (nSPS) is 14.3. The van der Waals surface area contributed by atoms with Crippen molar-refractivity contribution in [2.24, 2.45) is 0 Å². The smallest absolute Gasteiger partial charge is 0.270 e. The van der Waals surface area contributed by atoms with E-state index < -0.39 is 0 Å². The number of aromatic nitrogens is 2. The molecule has 1 aliphatic rings. The van der Waals surface area contributed by atoms with Crippen molar-refractivity contribution in [2.45, 2.75) is 13.1 Å². The molecule has 0 bridgehead atoms. The SMILES string of the molecule is COc1ccc(-c2nc(CN3CCN(C(=O)c4cccn4Cc4ccccc4)CC3)cs2)cc1. The Bertz CT molecular complexity index is 1230. The van der Waals surface area contributed by atoms with Gasteiger partial charge in [-0.2, -0.15) is 0 Å². The van der Waals surface area contributed by atoms with Crippen LogP contribution in [0.25, 0.3) is 10.6 Å². The van der Waals surface area contributed by atoms with E-state index in [0.717, 1.165) is 60.4 Å². The van der Waals surface area contributed by atoms with Gasteiger partial charge < -0.3 is 14.2 Å². The van der Waals surface area contributed by atoms with E-state index in [1.54, 1.807) is 18.4 Å². The lowest BCUT2D eigenvalue weighted by atomic mass is 10.2. The predicted molar refractivity (Wildman–Crippen MR) is 135 cm³/mol. The van der Waals surface area contributed by atoms with Gasteiger partial charge in [-0.05, 0) is 42.0 Å². The molecule has 4 aromatic rings. The van der Waals surface area contributed by atoms with Crippen molar-refractivity contribution in [3.8, 4) is 16.3 Å². The van der Waals surface area contributed by atoms with Crippen LogP contribution in [0.1, 0.15) is 21.7 Å². The van der Waals surface area contributed by atoms with E-state index in [-0.39, 0.29) is 5.91 Å². The lowest BCUT2D eigenvalue weighted by Gasteiger charge is -2.34. The molecule has 2 aromatic heterocycles. The van der Waals surface area contributed by atoms with Crippen LogP contribution in [0.4, 0.5) is 0 Å². The standard InChI is InChI=1S/C27H28N4O2S/c1-33-24-11-9-22(10-12-24)26-28-23(20-34-26)19-29-14-16-30(17-15-29)27(32)25-8-5-13-31(25)18-21-6-3-2-4-7-21/h2-13,20H,14-19H2,1H3. The summed E-state index contributed by atoms with van der Waals surface area (Å²) in [5, 5.41) is 3.15. The third kappa shape index (κ3) is 5.05. The van der Waals surface area contributed by atoms with Crippen molar-refractivity contribution >= 4 is 17.2 Å². The fourth-order valence-electron chi connectivity index (χ4n) is 4.27. The second-order valence-corrected chi connectivity index (χ2v) is 9.31. The zero-order valence-corrected chi connectivity index (χ0v) is 20.1. The summed E-state index contributed by atoms with van der Waals surface area (Å²) in [5.74, 6) is 0.955. The Balaban J connectivity index is 1.16. The van der Waals surface area contributed by atoms with Crippen LogP contribution in [0.2, 0.25) is 0 Å². The molecule has 1 amide bonds. The summed E-state index contributed by atoms with van der Waals surface area (Å²) in [6.45, 7) is 4.66. The molecule has 1 fully saturated rings. The highest BCUT2D eigenvalue weighted by molar-refractivity contribution is 7.13. The van der Waals surface area contributed by atoms with Crippen LogP contribution in [-0.4, -0.2) is 58.5 Å². The van der Waals surface area contributed by atoms with E-state index in [9.17, 15) is 4.79 Å². The number of hydrogen-bond donors (Lipinski definition) is 0. The summed E-state index contributed by atoms with van der Waals surface area (Å²) >= 11 is 1.66. The molecule has 0 N–H and O–H groups in total. The Hall–Kier alpha value is -3.42. The fourth-order valence-corrected chi connectivity index (χ4v) is 5.09. The van der Waals surface area contributed by atoms with Crippen molar-refractivity contribution in [3.63, 3.8) is 0 Å².